The minimum absolute atomic E-state index is 0.300. The van der Waals surface area contributed by atoms with Crippen LogP contribution < -0.4 is 10.2 Å². The molecule has 0 aliphatic heterocycles. The summed E-state index contributed by atoms with van der Waals surface area (Å²) in [7, 11) is 0. The highest BCUT2D eigenvalue weighted by molar-refractivity contribution is 6.01. The van der Waals surface area contributed by atoms with Crippen LogP contribution in [-0.4, -0.2) is 17.4 Å². The average Bonchev–Trinajstić information content (AvgIpc) is 2.59. The van der Waals surface area contributed by atoms with E-state index in [0.29, 0.717) is 16.9 Å². The molecule has 7 heteroatoms. The Bertz CT molecular complexity index is 867. The number of azide groups is 1. The van der Waals surface area contributed by atoms with Crippen molar-refractivity contribution in [2.45, 2.75) is 39.3 Å². The highest BCUT2D eigenvalue weighted by Gasteiger charge is 2.34. The largest absolute Gasteiger partial charge is 0.349 e. The summed E-state index contributed by atoms with van der Waals surface area (Å²) in [5, 5.41) is 6.63. The van der Waals surface area contributed by atoms with Gasteiger partial charge in [-0.2, -0.15) is 0 Å². The lowest BCUT2D eigenvalue weighted by Gasteiger charge is -2.33. The standard InChI is InChI=1S/C20H23N5O2/c1-14(26)25(15-10-6-5-7-11-15)18(19(27)22-20(2,3)4)16-12-8-9-13-17(16)23-24-21/h5-13,18H,1-4H3,(H,22,27). The second-order valence-electron chi connectivity index (χ2n) is 7.11. The van der Waals surface area contributed by atoms with Crippen LogP contribution in [-0.2, 0) is 9.59 Å². The van der Waals surface area contributed by atoms with E-state index in [4.69, 9.17) is 5.53 Å². The summed E-state index contributed by atoms with van der Waals surface area (Å²) >= 11 is 0. The van der Waals surface area contributed by atoms with Crippen molar-refractivity contribution >= 4 is 23.2 Å². The second kappa shape index (κ2) is 8.38. The van der Waals surface area contributed by atoms with Crippen LogP contribution in [0, 0.1) is 0 Å². The Kier molecular flexibility index (Phi) is 6.21. The van der Waals surface area contributed by atoms with Gasteiger partial charge in [0.15, 0.2) is 0 Å². The van der Waals surface area contributed by atoms with Gasteiger partial charge in [0.2, 0.25) is 11.8 Å². The van der Waals surface area contributed by atoms with Gasteiger partial charge in [-0.3, -0.25) is 14.5 Å². The second-order valence-corrected chi connectivity index (χ2v) is 7.11. The Balaban J connectivity index is 2.67. The fraction of sp³-hybridized carbons (Fsp3) is 0.300. The summed E-state index contributed by atoms with van der Waals surface area (Å²) in [5.74, 6) is -0.659. The molecular formula is C20H23N5O2. The predicted octanol–water partition coefficient (Wildman–Crippen LogP) is 4.64. The van der Waals surface area contributed by atoms with Crippen LogP contribution in [0.15, 0.2) is 59.7 Å². The fourth-order valence-corrected chi connectivity index (χ4v) is 2.79. The first-order chi connectivity index (χ1) is 12.7. The van der Waals surface area contributed by atoms with E-state index < -0.39 is 11.6 Å². The Hall–Kier alpha value is -3.31. The van der Waals surface area contributed by atoms with E-state index in [1.165, 1.54) is 11.8 Å². The minimum atomic E-state index is -0.981. The van der Waals surface area contributed by atoms with Crippen LogP contribution >= 0.6 is 0 Å². The van der Waals surface area contributed by atoms with Crippen molar-refractivity contribution in [3.8, 4) is 0 Å². The predicted molar refractivity (Wildman–Crippen MR) is 105 cm³/mol. The quantitative estimate of drug-likeness (QED) is 0.474. The van der Waals surface area contributed by atoms with Gasteiger partial charge in [-0.05, 0) is 44.0 Å². The van der Waals surface area contributed by atoms with Crippen LogP contribution in [0.3, 0.4) is 0 Å². The van der Waals surface area contributed by atoms with E-state index in [-0.39, 0.29) is 11.8 Å². The van der Waals surface area contributed by atoms with E-state index >= 15 is 0 Å². The van der Waals surface area contributed by atoms with Crippen molar-refractivity contribution in [2.24, 2.45) is 5.11 Å². The zero-order valence-electron chi connectivity index (χ0n) is 15.9. The number of carbonyl (C=O) groups excluding carboxylic acids is 2. The highest BCUT2D eigenvalue weighted by atomic mass is 16.2. The molecule has 0 saturated heterocycles. The number of hydrogen-bond acceptors (Lipinski definition) is 3. The summed E-state index contributed by atoms with van der Waals surface area (Å²) in [5.41, 5.74) is 9.73. The third-order valence-corrected chi connectivity index (χ3v) is 3.76. The van der Waals surface area contributed by atoms with Crippen molar-refractivity contribution in [3.63, 3.8) is 0 Å². The number of nitrogens with zero attached hydrogens (tertiary/aromatic N) is 4. The Labute approximate surface area is 158 Å². The van der Waals surface area contributed by atoms with Crippen LogP contribution in [0.5, 0.6) is 0 Å². The maximum absolute atomic E-state index is 13.2. The molecule has 0 fully saturated rings. The number of hydrogen-bond donors (Lipinski definition) is 1. The number of nitrogens with one attached hydrogen (secondary N) is 1. The number of anilines is 1. The molecule has 7 nitrogen and oxygen atoms in total. The molecule has 1 unspecified atom stereocenters. The van der Waals surface area contributed by atoms with Gasteiger partial charge < -0.3 is 5.32 Å². The molecule has 2 rings (SSSR count). The maximum Gasteiger partial charge on any atom is 0.248 e. The van der Waals surface area contributed by atoms with Gasteiger partial charge in [-0.25, -0.2) is 0 Å². The molecule has 0 spiro atoms. The molecule has 0 heterocycles. The lowest BCUT2D eigenvalue weighted by molar-refractivity contribution is -0.127. The topological polar surface area (TPSA) is 98.2 Å². The van der Waals surface area contributed by atoms with E-state index in [9.17, 15) is 9.59 Å². The summed E-state index contributed by atoms with van der Waals surface area (Å²) in [6.45, 7) is 6.99. The van der Waals surface area contributed by atoms with Crippen molar-refractivity contribution in [1.82, 2.24) is 5.32 Å². The SMILES string of the molecule is CC(=O)N(c1ccccc1)C(C(=O)NC(C)(C)C)c1ccccc1N=[N+]=[N-]. The van der Waals surface area contributed by atoms with Gasteiger partial charge in [-0.1, -0.05) is 47.6 Å². The van der Waals surface area contributed by atoms with E-state index in [2.05, 4.69) is 15.3 Å². The van der Waals surface area contributed by atoms with E-state index in [1.54, 1.807) is 48.5 Å². The van der Waals surface area contributed by atoms with Crippen molar-refractivity contribution in [2.75, 3.05) is 4.90 Å². The molecule has 1 atom stereocenters. The van der Waals surface area contributed by atoms with Gasteiger partial charge in [0, 0.05) is 28.7 Å². The summed E-state index contributed by atoms with van der Waals surface area (Å²) in [6, 6.07) is 14.7. The summed E-state index contributed by atoms with van der Waals surface area (Å²) in [6.07, 6.45) is 0. The lowest BCUT2D eigenvalue weighted by atomic mass is 9.99. The van der Waals surface area contributed by atoms with Gasteiger partial charge in [0.1, 0.15) is 6.04 Å². The van der Waals surface area contributed by atoms with Crippen LogP contribution in [0.25, 0.3) is 10.4 Å². The van der Waals surface area contributed by atoms with Crippen molar-refractivity contribution in [3.05, 3.63) is 70.6 Å². The third kappa shape index (κ3) is 5.09. The molecule has 0 bridgehead atoms. The first kappa shape index (κ1) is 20.0. The molecule has 0 aliphatic carbocycles. The summed E-state index contributed by atoms with van der Waals surface area (Å²) < 4.78 is 0. The first-order valence-corrected chi connectivity index (χ1v) is 8.55. The van der Waals surface area contributed by atoms with Gasteiger partial charge in [-0.15, -0.1) is 0 Å². The molecular weight excluding hydrogens is 342 g/mol. The Morgan fingerprint density at radius 1 is 1.07 bits per heavy atom. The molecule has 0 saturated carbocycles. The minimum Gasteiger partial charge on any atom is -0.349 e. The van der Waals surface area contributed by atoms with Crippen LogP contribution in [0.1, 0.15) is 39.3 Å². The number of amides is 2. The molecule has 2 aromatic rings. The van der Waals surface area contributed by atoms with Gasteiger partial charge >= 0.3 is 0 Å². The number of carbonyl (C=O) groups is 2. The zero-order valence-corrected chi connectivity index (χ0v) is 15.9. The normalized spacial score (nSPS) is 11.9. The van der Waals surface area contributed by atoms with Gasteiger partial charge in [0.05, 0.1) is 0 Å². The average molecular weight is 365 g/mol. The van der Waals surface area contributed by atoms with Gasteiger partial charge in [0.25, 0.3) is 0 Å². The molecule has 0 radical (unpaired) electrons. The fourth-order valence-electron chi connectivity index (χ4n) is 2.79. The monoisotopic (exact) mass is 365 g/mol. The molecule has 140 valence electrons. The number of benzene rings is 2. The maximum atomic E-state index is 13.2. The molecule has 1 N–H and O–H groups in total. The van der Waals surface area contributed by atoms with Crippen molar-refractivity contribution in [1.29, 1.82) is 0 Å². The number of rotatable bonds is 5. The molecule has 2 amide bonds. The van der Waals surface area contributed by atoms with E-state index in [1.807, 2.05) is 26.8 Å². The Morgan fingerprint density at radius 3 is 2.22 bits per heavy atom. The first-order valence-electron chi connectivity index (χ1n) is 8.55. The van der Waals surface area contributed by atoms with Crippen LogP contribution in [0.4, 0.5) is 11.4 Å². The Morgan fingerprint density at radius 2 is 1.67 bits per heavy atom. The lowest BCUT2D eigenvalue weighted by Crippen LogP contribution is -2.49. The smallest absolute Gasteiger partial charge is 0.248 e. The van der Waals surface area contributed by atoms with Crippen molar-refractivity contribution < 1.29 is 9.59 Å². The van der Waals surface area contributed by atoms with E-state index in [0.717, 1.165) is 0 Å². The zero-order chi connectivity index (χ0) is 20.0. The van der Waals surface area contributed by atoms with Crippen LogP contribution in [0.2, 0.25) is 0 Å². The molecule has 27 heavy (non-hydrogen) atoms. The summed E-state index contributed by atoms with van der Waals surface area (Å²) in [4.78, 5) is 30.0. The molecule has 2 aromatic carbocycles. The number of para-hydroxylation sites is 1. The molecule has 0 aliphatic rings. The highest BCUT2D eigenvalue weighted by Crippen LogP contribution is 2.34. The molecule has 0 aromatic heterocycles. The third-order valence-electron chi connectivity index (χ3n) is 3.76.